The lowest BCUT2D eigenvalue weighted by Gasteiger charge is -2.20. The summed E-state index contributed by atoms with van der Waals surface area (Å²) >= 11 is 5.93. The van der Waals surface area contributed by atoms with Crippen LogP contribution < -0.4 is 5.32 Å². The van der Waals surface area contributed by atoms with Crippen LogP contribution in [0.15, 0.2) is 28.7 Å². The molecule has 1 aromatic rings. The van der Waals surface area contributed by atoms with Crippen molar-refractivity contribution < 1.29 is 0 Å². The monoisotopic (exact) mass is 381 g/mol. The van der Waals surface area contributed by atoms with E-state index >= 15 is 0 Å². The Hall–Kier alpha value is 0.390. The van der Waals surface area contributed by atoms with Crippen molar-refractivity contribution in [2.45, 2.75) is 26.4 Å². The Morgan fingerprint density at radius 2 is 2.13 bits per heavy atom. The molecule has 1 atom stereocenters. The van der Waals surface area contributed by atoms with E-state index in [4.69, 9.17) is 0 Å². The van der Waals surface area contributed by atoms with E-state index in [0.29, 0.717) is 12.0 Å². The molecule has 0 aliphatic rings. The van der Waals surface area contributed by atoms with Crippen molar-refractivity contribution in [1.82, 2.24) is 5.32 Å². The Morgan fingerprint density at radius 3 is 2.67 bits per heavy atom. The smallest absolute Gasteiger partial charge is 0.0208 e. The average Bonchev–Trinajstić information content (AvgIpc) is 2.18. The maximum absolute atomic E-state index is 3.58. The van der Waals surface area contributed by atoms with Gasteiger partial charge in [0, 0.05) is 21.5 Å². The van der Waals surface area contributed by atoms with Gasteiger partial charge in [-0.1, -0.05) is 64.5 Å². The Bertz CT molecular complexity index is 301. The van der Waals surface area contributed by atoms with E-state index < -0.39 is 0 Å². The topological polar surface area (TPSA) is 12.0 Å². The lowest BCUT2D eigenvalue weighted by molar-refractivity contribution is 0.436. The maximum atomic E-state index is 3.58. The van der Waals surface area contributed by atoms with E-state index in [9.17, 15) is 0 Å². The number of hydrogen-bond donors (Lipinski definition) is 1. The number of halogens is 2. The predicted octanol–water partition coefficient (Wildman–Crippen LogP) is 4.00. The molecule has 1 unspecified atom stereocenters. The molecule has 0 heterocycles. The summed E-state index contributed by atoms with van der Waals surface area (Å²) < 4.78 is 2.31. The third-order valence-corrected chi connectivity index (χ3v) is 3.87. The number of nitrogens with one attached hydrogen (secondary N) is 1. The molecule has 1 N–H and O–H groups in total. The summed E-state index contributed by atoms with van der Waals surface area (Å²) in [5.41, 5.74) is 1.33. The molecule has 15 heavy (non-hydrogen) atoms. The van der Waals surface area contributed by atoms with Crippen LogP contribution in [-0.2, 0) is 6.54 Å². The predicted molar refractivity (Wildman–Crippen MR) is 78.5 cm³/mol. The van der Waals surface area contributed by atoms with E-state index in [2.05, 4.69) is 82.0 Å². The Labute approximate surface area is 114 Å². The van der Waals surface area contributed by atoms with Crippen molar-refractivity contribution in [3.63, 3.8) is 0 Å². The summed E-state index contributed by atoms with van der Waals surface area (Å²) in [5, 5.41) is 3.58. The molecule has 0 aliphatic heterocycles. The second-order valence-corrected chi connectivity index (χ2v) is 5.81. The molecule has 3 heteroatoms. The fraction of sp³-hybridized carbons (Fsp3) is 0.500. The van der Waals surface area contributed by atoms with Crippen molar-refractivity contribution in [2.24, 2.45) is 5.92 Å². The Balaban J connectivity index is 2.49. The second kappa shape index (κ2) is 6.86. The van der Waals surface area contributed by atoms with E-state index in [1.54, 1.807) is 0 Å². The van der Waals surface area contributed by atoms with Gasteiger partial charge < -0.3 is 5.32 Å². The highest BCUT2D eigenvalue weighted by Gasteiger charge is 2.10. The lowest BCUT2D eigenvalue weighted by atomic mass is 10.1. The molecular weight excluding hydrogens is 365 g/mol. The molecule has 1 rings (SSSR count). The van der Waals surface area contributed by atoms with Gasteiger partial charge in [-0.25, -0.2) is 0 Å². The van der Waals surface area contributed by atoms with Gasteiger partial charge >= 0.3 is 0 Å². The number of hydrogen-bond acceptors (Lipinski definition) is 1. The van der Waals surface area contributed by atoms with Crippen LogP contribution in [0, 0.1) is 5.92 Å². The zero-order chi connectivity index (χ0) is 11.3. The maximum Gasteiger partial charge on any atom is 0.0208 e. The molecule has 1 aromatic carbocycles. The van der Waals surface area contributed by atoms with Crippen LogP contribution in [0.2, 0.25) is 0 Å². The van der Waals surface area contributed by atoms with Gasteiger partial charge in [0.25, 0.3) is 0 Å². The lowest BCUT2D eigenvalue weighted by Crippen LogP contribution is -2.34. The molecule has 0 saturated heterocycles. The van der Waals surface area contributed by atoms with Gasteiger partial charge in [0.05, 0.1) is 0 Å². The van der Waals surface area contributed by atoms with Gasteiger partial charge in [0.2, 0.25) is 0 Å². The minimum Gasteiger partial charge on any atom is -0.309 e. The normalized spacial score (nSPS) is 13.1. The molecule has 0 fully saturated rings. The van der Waals surface area contributed by atoms with E-state index in [1.807, 2.05) is 0 Å². The first-order chi connectivity index (χ1) is 7.13. The second-order valence-electron chi connectivity index (χ2n) is 4.02. The third kappa shape index (κ3) is 4.83. The summed E-state index contributed by atoms with van der Waals surface area (Å²) in [5.74, 6) is 0.689. The van der Waals surface area contributed by atoms with Gasteiger partial charge in [-0.15, -0.1) is 0 Å². The van der Waals surface area contributed by atoms with Crippen LogP contribution >= 0.6 is 38.5 Å². The van der Waals surface area contributed by atoms with Crippen molar-refractivity contribution in [2.75, 3.05) is 4.43 Å². The van der Waals surface area contributed by atoms with E-state index in [1.165, 1.54) is 5.56 Å². The van der Waals surface area contributed by atoms with Crippen LogP contribution in [0.1, 0.15) is 19.4 Å². The summed E-state index contributed by atoms with van der Waals surface area (Å²) in [6.07, 6.45) is 0. The van der Waals surface area contributed by atoms with Crippen LogP contribution in [0.4, 0.5) is 0 Å². The molecule has 1 nitrogen and oxygen atoms in total. The van der Waals surface area contributed by atoms with Gasteiger partial charge in [-0.3, -0.25) is 0 Å². The highest BCUT2D eigenvalue weighted by Crippen LogP contribution is 2.12. The van der Waals surface area contributed by atoms with Crippen LogP contribution in [-0.4, -0.2) is 10.5 Å². The van der Waals surface area contributed by atoms with Gasteiger partial charge in [0.15, 0.2) is 0 Å². The van der Waals surface area contributed by atoms with Crippen molar-refractivity contribution in [3.8, 4) is 0 Å². The van der Waals surface area contributed by atoms with Crippen molar-refractivity contribution in [3.05, 3.63) is 34.3 Å². The van der Waals surface area contributed by atoms with E-state index in [0.717, 1.165) is 15.4 Å². The molecule has 0 aromatic heterocycles. The Morgan fingerprint density at radius 1 is 1.40 bits per heavy atom. The summed E-state index contributed by atoms with van der Waals surface area (Å²) in [4.78, 5) is 0. The van der Waals surface area contributed by atoms with Crippen LogP contribution in [0.3, 0.4) is 0 Å². The number of benzene rings is 1. The molecule has 0 saturated carbocycles. The van der Waals surface area contributed by atoms with Crippen LogP contribution in [0.25, 0.3) is 0 Å². The highest BCUT2D eigenvalue weighted by molar-refractivity contribution is 14.1. The van der Waals surface area contributed by atoms with Crippen molar-refractivity contribution in [1.29, 1.82) is 0 Å². The SMILES string of the molecule is CC(C)C(CI)NCc1cccc(Br)c1. The first-order valence-corrected chi connectivity index (χ1v) is 7.49. The molecule has 84 valence electrons. The summed E-state index contributed by atoms with van der Waals surface area (Å²) in [7, 11) is 0. The van der Waals surface area contributed by atoms with Gasteiger partial charge in [-0.05, 0) is 23.6 Å². The fourth-order valence-electron chi connectivity index (χ4n) is 1.36. The largest absolute Gasteiger partial charge is 0.309 e. The van der Waals surface area contributed by atoms with Crippen molar-refractivity contribution >= 4 is 38.5 Å². The molecule has 0 spiro atoms. The minimum atomic E-state index is 0.601. The Kier molecular flexibility index (Phi) is 6.16. The quantitative estimate of drug-likeness (QED) is 0.600. The fourth-order valence-corrected chi connectivity index (χ4v) is 3.14. The summed E-state index contributed by atoms with van der Waals surface area (Å²) in [6.45, 7) is 5.47. The zero-order valence-corrected chi connectivity index (χ0v) is 12.9. The highest BCUT2D eigenvalue weighted by atomic mass is 127. The van der Waals surface area contributed by atoms with E-state index in [-0.39, 0.29) is 0 Å². The molecule has 0 bridgehead atoms. The zero-order valence-electron chi connectivity index (χ0n) is 9.13. The molecule has 0 radical (unpaired) electrons. The first-order valence-electron chi connectivity index (χ1n) is 5.17. The van der Waals surface area contributed by atoms with Gasteiger partial charge in [-0.2, -0.15) is 0 Å². The number of alkyl halides is 1. The third-order valence-electron chi connectivity index (χ3n) is 2.43. The summed E-state index contributed by atoms with van der Waals surface area (Å²) in [6, 6.07) is 9.06. The number of rotatable bonds is 5. The minimum absolute atomic E-state index is 0.601. The molecule has 0 amide bonds. The standard InChI is InChI=1S/C12H17BrIN/c1-9(2)12(7-14)15-8-10-4-3-5-11(13)6-10/h3-6,9,12,15H,7-8H2,1-2H3. The molecular formula is C12H17BrIN. The first kappa shape index (κ1) is 13.5. The van der Waals surface area contributed by atoms with Crippen LogP contribution in [0.5, 0.6) is 0 Å². The molecule has 0 aliphatic carbocycles. The average molecular weight is 382 g/mol. The van der Waals surface area contributed by atoms with Gasteiger partial charge in [0.1, 0.15) is 0 Å².